The number of nitrogens with zero attached hydrogens (tertiary/aromatic N) is 1. The number of anilines is 2. The molecule has 4 aromatic carbocycles. The zero-order valence-corrected chi connectivity index (χ0v) is 31.4. The van der Waals surface area contributed by atoms with E-state index in [-0.39, 0.29) is 28.8 Å². The molecule has 0 radical (unpaired) electrons. The number of ether oxygens (including phenoxy) is 3. The molecule has 0 saturated heterocycles. The maximum Gasteiger partial charge on any atom is 0.387 e. The lowest BCUT2D eigenvalue weighted by Gasteiger charge is -2.26. The van der Waals surface area contributed by atoms with Crippen LogP contribution in [0.2, 0.25) is 5.02 Å². The first-order valence-electron chi connectivity index (χ1n) is 17.6. The molecule has 0 fully saturated rings. The van der Waals surface area contributed by atoms with Crippen LogP contribution in [0.4, 0.5) is 20.2 Å². The standard InChI is InChI=1S/C43H43ClF2N2O5/c1-25(2)19-31(48-24-38(51-6)35(23-39(48)49)34-22-29(44)14-18-37(34)52-42(45)46)20-28-13-17-33-32-10-8-7-9-27(32)21-36(33)40(28)47-30-15-11-26(12-16-30)41(50)53-43(3,4)5/h7-18,22-25,31,42,47H,19-21H2,1-6H3. The summed E-state index contributed by atoms with van der Waals surface area (Å²) in [5, 5.41) is 3.97. The van der Waals surface area contributed by atoms with Crippen molar-refractivity contribution in [1.82, 2.24) is 4.57 Å². The lowest BCUT2D eigenvalue weighted by molar-refractivity contribution is -0.0494. The van der Waals surface area contributed by atoms with E-state index in [1.807, 2.05) is 45.0 Å². The molecule has 7 nitrogen and oxygen atoms in total. The van der Waals surface area contributed by atoms with Crippen LogP contribution >= 0.6 is 11.6 Å². The number of carbonyl (C=O) groups excluding carboxylic acids is 1. The molecule has 6 rings (SSSR count). The molecule has 1 unspecified atom stereocenters. The third-order valence-electron chi connectivity index (χ3n) is 9.17. The Balaban J connectivity index is 1.41. The Bertz CT molecular complexity index is 2190. The largest absolute Gasteiger partial charge is 0.495 e. The third kappa shape index (κ3) is 8.57. The van der Waals surface area contributed by atoms with Crippen LogP contribution in [0.1, 0.15) is 74.1 Å². The number of nitrogens with one attached hydrogen (secondary N) is 1. The molecule has 10 heteroatoms. The molecule has 1 N–H and O–H groups in total. The first-order chi connectivity index (χ1) is 25.2. The topological polar surface area (TPSA) is 78.8 Å². The maximum atomic E-state index is 14.0. The van der Waals surface area contributed by atoms with Gasteiger partial charge in [-0.2, -0.15) is 8.78 Å². The third-order valence-corrected chi connectivity index (χ3v) is 9.40. The van der Waals surface area contributed by atoms with Crippen LogP contribution in [-0.2, 0) is 17.6 Å². The Labute approximate surface area is 313 Å². The van der Waals surface area contributed by atoms with Gasteiger partial charge in [0.05, 0.1) is 18.9 Å². The summed E-state index contributed by atoms with van der Waals surface area (Å²) < 4.78 is 44.4. The fourth-order valence-corrected chi connectivity index (χ4v) is 7.12. The smallest absolute Gasteiger partial charge is 0.387 e. The molecule has 1 heterocycles. The van der Waals surface area contributed by atoms with E-state index in [1.54, 1.807) is 22.9 Å². The second-order valence-electron chi connectivity index (χ2n) is 14.7. The van der Waals surface area contributed by atoms with Crippen molar-refractivity contribution < 1.29 is 27.8 Å². The van der Waals surface area contributed by atoms with Crippen molar-refractivity contribution in [3.63, 3.8) is 0 Å². The predicted octanol–water partition coefficient (Wildman–Crippen LogP) is 10.9. The van der Waals surface area contributed by atoms with Crippen molar-refractivity contribution in [2.75, 3.05) is 12.4 Å². The quantitative estimate of drug-likeness (QED) is 0.126. The molecular weight excluding hydrogens is 698 g/mol. The lowest BCUT2D eigenvalue weighted by atomic mass is 9.92. The van der Waals surface area contributed by atoms with Crippen molar-refractivity contribution in [2.45, 2.75) is 72.1 Å². The second kappa shape index (κ2) is 15.4. The van der Waals surface area contributed by atoms with Gasteiger partial charge in [0.2, 0.25) is 0 Å². The summed E-state index contributed by atoms with van der Waals surface area (Å²) in [7, 11) is 1.47. The van der Waals surface area contributed by atoms with Gasteiger partial charge in [-0.05, 0) is 110 Å². The van der Waals surface area contributed by atoms with Crippen molar-refractivity contribution in [3.05, 3.63) is 129 Å². The van der Waals surface area contributed by atoms with E-state index in [2.05, 4.69) is 43.4 Å². The monoisotopic (exact) mass is 740 g/mol. The minimum atomic E-state index is -3.07. The van der Waals surface area contributed by atoms with Crippen LogP contribution < -0.4 is 20.3 Å². The summed E-state index contributed by atoms with van der Waals surface area (Å²) in [5.41, 5.74) is 7.50. The fraction of sp³-hybridized carbons (Fsp3) is 0.302. The van der Waals surface area contributed by atoms with Gasteiger partial charge in [0.25, 0.3) is 5.56 Å². The number of carbonyl (C=O) groups is 1. The Hall–Kier alpha value is -5.15. The number of methoxy groups -OCH3 is 1. The van der Waals surface area contributed by atoms with Crippen molar-refractivity contribution >= 4 is 28.9 Å². The van der Waals surface area contributed by atoms with Crippen LogP contribution in [0.15, 0.2) is 95.9 Å². The number of pyridine rings is 1. The summed E-state index contributed by atoms with van der Waals surface area (Å²) in [6.45, 7) is 6.65. The van der Waals surface area contributed by atoms with Crippen LogP contribution in [0.5, 0.6) is 11.5 Å². The van der Waals surface area contributed by atoms with E-state index < -0.39 is 18.2 Å². The number of aromatic nitrogens is 1. The highest BCUT2D eigenvalue weighted by molar-refractivity contribution is 6.31. The molecule has 0 amide bonds. The zero-order valence-electron chi connectivity index (χ0n) is 30.6. The van der Waals surface area contributed by atoms with E-state index in [0.29, 0.717) is 34.7 Å². The Morgan fingerprint density at radius 2 is 1.62 bits per heavy atom. The van der Waals surface area contributed by atoms with Gasteiger partial charge in [0.1, 0.15) is 17.1 Å². The number of halogens is 3. The van der Waals surface area contributed by atoms with Gasteiger partial charge in [-0.25, -0.2) is 4.79 Å². The van der Waals surface area contributed by atoms with E-state index in [4.69, 9.17) is 25.8 Å². The van der Waals surface area contributed by atoms with Crippen LogP contribution in [-0.4, -0.2) is 29.9 Å². The molecule has 5 aromatic rings. The van der Waals surface area contributed by atoms with Crippen molar-refractivity contribution in [3.8, 4) is 33.8 Å². The molecule has 0 saturated carbocycles. The number of alkyl halides is 2. The van der Waals surface area contributed by atoms with E-state index in [1.165, 1.54) is 42.5 Å². The van der Waals surface area contributed by atoms with E-state index >= 15 is 0 Å². The molecule has 0 aliphatic heterocycles. The number of esters is 1. The summed E-state index contributed by atoms with van der Waals surface area (Å²) in [6, 6.07) is 25.2. The number of rotatable bonds is 12. The molecule has 0 spiro atoms. The molecule has 0 bridgehead atoms. The minimum Gasteiger partial charge on any atom is -0.495 e. The summed E-state index contributed by atoms with van der Waals surface area (Å²) in [6.07, 6.45) is 3.54. The molecule has 1 aliphatic carbocycles. The Morgan fingerprint density at radius 3 is 2.30 bits per heavy atom. The van der Waals surface area contributed by atoms with Gasteiger partial charge >= 0.3 is 12.6 Å². The van der Waals surface area contributed by atoms with Crippen LogP contribution in [0.25, 0.3) is 22.3 Å². The number of hydrogen-bond acceptors (Lipinski definition) is 6. The highest BCUT2D eigenvalue weighted by Crippen LogP contribution is 2.44. The summed E-state index contributed by atoms with van der Waals surface area (Å²) >= 11 is 6.26. The second-order valence-corrected chi connectivity index (χ2v) is 15.1. The normalized spacial score (nSPS) is 12.7. The van der Waals surface area contributed by atoms with Gasteiger partial charge in [-0.1, -0.05) is 61.8 Å². The van der Waals surface area contributed by atoms with Gasteiger partial charge in [-0.15, -0.1) is 0 Å². The van der Waals surface area contributed by atoms with Gasteiger partial charge in [-0.3, -0.25) is 4.79 Å². The van der Waals surface area contributed by atoms with E-state index in [0.717, 1.165) is 34.5 Å². The van der Waals surface area contributed by atoms with Crippen LogP contribution in [0, 0.1) is 5.92 Å². The molecule has 1 atom stereocenters. The van der Waals surface area contributed by atoms with Crippen molar-refractivity contribution in [1.29, 1.82) is 0 Å². The first-order valence-corrected chi connectivity index (χ1v) is 18.0. The molecule has 1 aliphatic rings. The van der Waals surface area contributed by atoms with Gasteiger partial charge < -0.3 is 24.1 Å². The molecule has 53 heavy (non-hydrogen) atoms. The van der Waals surface area contributed by atoms with Crippen LogP contribution in [0.3, 0.4) is 0 Å². The lowest BCUT2D eigenvalue weighted by Crippen LogP contribution is -2.27. The minimum absolute atomic E-state index is 0.118. The first kappa shape index (κ1) is 37.6. The highest BCUT2D eigenvalue weighted by Gasteiger charge is 2.27. The van der Waals surface area contributed by atoms with Gasteiger partial charge in [0.15, 0.2) is 0 Å². The summed E-state index contributed by atoms with van der Waals surface area (Å²) in [4.78, 5) is 26.8. The van der Waals surface area contributed by atoms with E-state index in [9.17, 15) is 18.4 Å². The fourth-order valence-electron chi connectivity index (χ4n) is 6.95. The summed E-state index contributed by atoms with van der Waals surface area (Å²) in [5.74, 6) is 0.0319. The molecule has 1 aromatic heterocycles. The average molecular weight is 741 g/mol. The zero-order chi connectivity index (χ0) is 38.0. The predicted molar refractivity (Wildman–Crippen MR) is 206 cm³/mol. The number of hydrogen-bond donors (Lipinski definition) is 1. The molecular formula is C43H43ClF2N2O5. The average Bonchev–Trinajstić information content (AvgIpc) is 3.48. The SMILES string of the molecule is COc1cn(C(Cc2ccc3c(c2Nc2ccc(C(=O)OC(C)(C)C)cc2)Cc2ccccc2-3)CC(C)C)c(=O)cc1-c1cc(Cl)ccc1OC(F)F. The Morgan fingerprint density at radius 1 is 0.906 bits per heavy atom. The van der Waals surface area contributed by atoms with Gasteiger partial charge in [0, 0.05) is 46.1 Å². The maximum absolute atomic E-state index is 14.0. The Kier molecular flexibility index (Phi) is 11.0. The van der Waals surface area contributed by atoms with Crippen molar-refractivity contribution in [2.24, 2.45) is 5.92 Å². The number of fused-ring (bicyclic) bond motifs is 3. The number of benzene rings is 4. The highest BCUT2D eigenvalue weighted by atomic mass is 35.5. The molecule has 276 valence electrons.